The predicted molar refractivity (Wildman–Crippen MR) is 91.0 cm³/mol. The topological polar surface area (TPSA) is 73.4 Å². The zero-order valence-electron chi connectivity index (χ0n) is 13.2. The van der Waals surface area contributed by atoms with Crippen LogP contribution in [0.4, 0.5) is 0 Å². The molecule has 1 aliphatic carbocycles. The molecule has 2 N–H and O–H groups in total. The Bertz CT molecular complexity index is 816. The average molecular weight is 347 g/mol. The van der Waals surface area contributed by atoms with Crippen molar-refractivity contribution in [3.8, 4) is 0 Å². The molecule has 4 rings (SSSR count). The standard InChI is InChI=1S/C18H19ClN2O3/c19-12-4-5-15-14(7-12)11(8-20-15)6-16(22)21-9-10-2-1-3-13(10)17(21)18(23)24/h4-5,7-8,10,13,17,20H,1-3,6,9H2,(H,23,24). The molecule has 6 heteroatoms. The zero-order valence-corrected chi connectivity index (χ0v) is 13.9. The highest BCUT2D eigenvalue weighted by atomic mass is 35.5. The number of carbonyl (C=O) groups is 2. The summed E-state index contributed by atoms with van der Waals surface area (Å²) < 4.78 is 0. The second kappa shape index (κ2) is 5.81. The lowest BCUT2D eigenvalue weighted by atomic mass is 9.94. The van der Waals surface area contributed by atoms with E-state index in [0.717, 1.165) is 35.7 Å². The summed E-state index contributed by atoms with van der Waals surface area (Å²) in [5.41, 5.74) is 1.79. The van der Waals surface area contributed by atoms with Gasteiger partial charge in [-0.05, 0) is 48.4 Å². The number of hydrogen-bond acceptors (Lipinski definition) is 2. The molecule has 1 amide bonds. The molecule has 0 bridgehead atoms. The van der Waals surface area contributed by atoms with Gasteiger partial charge in [0, 0.05) is 28.7 Å². The maximum Gasteiger partial charge on any atom is 0.326 e. The van der Waals surface area contributed by atoms with Crippen molar-refractivity contribution < 1.29 is 14.7 Å². The number of carbonyl (C=O) groups excluding carboxylic acids is 1. The number of aromatic nitrogens is 1. The largest absolute Gasteiger partial charge is 0.480 e. The fraction of sp³-hybridized carbons (Fsp3) is 0.444. The van der Waals surface area contributed by atoms with Crippen LogP contribution in [-0.2, 0) is 16.0 Å². The number of nitrogens with one attached hydrogen (secondary N) is 1. The monoisotopic (exact) mass is 346 g/mol. The first-order valence-electron chi connectivity index (χ1n) is 8.32. The van der Waals surface area contributed by atoms with Crippen molar-refractivity contribution in [1.29, 1.82) is 0 Å². The molecule has 1 aliphatic heterocycles. The lowest BCUT2D eigenvalue weighted by molar-refractivity contribution is -0.149. The number of aromatic amines is 1. The van der Waals surface area contributed by atoms with Gasteiger partial charge in [0.25, 0.3) is 0 Å². The van der Waals surface area contributed by atoms with Crippen LogP contribution in [0.5, 0.6) is 0 Å². The number of hydrogen-bond donors (Lipinski definition) is 2. The summed E-state index contributed by atoms with van der Waals surface area (Å²) in [5, 5.41) is 11.1. The van der Waals surface area contributed by atoms with E-state index in [0.29, 0.717) is 17.5 Å². The van der Waals surface area contributed by atoms with Gasteiger partial charge in [0.2, 0.25) is 5.91 Å². The maximum atomic E-state index is 12.8. The average Bonchev–Trinajstić information content (AvgIpc) is 3.20. The number of aliphatic carboxylic acids is 1. The minimum atomic E-state index is -0.875. The van der Waals surface area contributed by atoms with E-state index in [4.69, 9.17) is 11.6 Å². The number of rotatable bonds is 3. The molecule has 24 heavy (non-hydrogen) atoms. The quantitative estimate of drug-likeness (QED) is 0.897. The van der Waals surface area contributed by atoms with Crippen molar-refractivity contribution in [2.24, 2.45) is 11.8 Å². The molecule has 0 spiro atoms. The van der Waals surface area contributed by atoms with Crippen LogP contribution >= 0.6 is 11.6 Å². The number of likely N-dealkylation sites (tertiary alicyclic amines) is 1. The summed E-state index contributed by atoms with van der Waals surface area (Å²) >= 11 is 6.05. The summed E-state index contributed by atoms with van der Waals surface area (Å²) in [6.45, 7) is 0.573. The lowest BCUT2D eigenvalue weighted by Gasteiger charge is -2.24. The van der Waals surface area contributed by atoms with Crippen LogP contribution in [0, 0.1) is 11.8 Å². The van der Waals surface area contributed by atoms with Crippen molar-refractivity contribution >= 4 is 34.4 Å². The first kappa shape index (κ1) is 15.5. The van der Waals surface area contributed by atoms with E-state index in [-0.39, 0.29) is 18.2 Å². The molecule has 1 saturated heterocycles. The molecular formula is C18H19ClN2O3. The summed E-state index contributed by atoms with van der Waals surface area (Å²) in [6, 6.07) is 4.85. The molecule has 0 radical (unpaired) electrons. The summed E-state index contributed by atoms with van der Waals surface area (Å²) in [7, 11) is 0. The Kier molecular flexibility index (Phi) is 3.76. The molecule has 3 atom stereocenters. The normalized spacial score (nSPS) is 26.0. The van der Waals surface area contributed by atoms with Crippen molar-refractivity contribution in [2.75, 3.05) is 6.54 Å². The number of nitrogens with zero attached hydrogens (tertiary/aromatic N) is 1. The van der Waals surface area contributed by atoms with Gasteiger partial charge in [-0.2, -0.15) is 0 Å². The highest BCUT2D eigenvalue weighted by molar-refractivity contribution is 6.31. The smallest absolute Gasteiger partial charge is 0.326 e. The summed E-state index contributed by atoms with van der Waals surface area (Å²) in [5.74, 6) is -0.534. The van der Waals surface area contributed by atoms with Gasteiger partial charge in [0.15, 0.2) is 0 Å². The van der Waals surface area contributed by atoms with Crippen molar-refractivity contribution in [2.45, 2.75) is 31.7 Å². The lowest BCUT2D eigenvalue weighted by Crippen LogP contribution is -2.43. The van der Waals surface area contributed by atoms with E-state index >= 15 is 0 Å². The van der Waals surface area contributed by atoms with Crippen LogP contribution in [0.1, 0.15) is 24.8 Å². The number of H-pyrrole nitrogens is 1. The first-order valence-corrected chi connectivity index (χ1v) is 8.70. The molecule has 1 aromatic heterocycles. The van der Waals surface area contributed by atoms with E-state index in [1.54, 1.807) is 11.0 Å². The van der Waals surface area contributed by atoms with Crippen LogP contribution in [-0.4, -0.2) is 39.5 Å². The van der Waals surface area contributed by atoms with Crippen LogP contribution in [0.3, 0.4) is 0 Å². The minimum Gasteiger partial charge on any atom is -0.480 e. The van der Waals surface area contributed by atoms with Gasteiger partial charge in [-0.15, -0.1) is 0 Å². The van der Waals surface area contributed by atoms with Gasteiger partial charge >= 0.3 is 5.97 Å². The number of benzene rings is 1. The Morgan fingerprint density at radius 1 is 1.33 bits per heavy atom. The molecule has 2 heterocycles. The van der Waals surface area contributed by atoms with Gasteiger partial charge in [0.1, 0.15) is 6.04 Å². The molecule has 126 valence electrons. The zero-order chi connectivity index (χ0) is 16.8. The highest BCUT2D eigenvalue weighted by Gasteiger charge is 2.49. The summed E-state index contributed by atoms with van der Waals surface area (Å²) in [4.78, 5) is 29.2. The summed E-state index contributed by atoms with van der Waals surface area (Å²) in [6.07, 6.45) is 5.02. The molecule has 2 aromatic rings. The SMILES string of the molecule is O=C(O)C1C2CCCC2CN1C(=O)Cc1c[nH]c2ccc(Cl)cc12. The predicted octanol–water partition coefficient (Wildman–Crippen LogP) is 3.08. The first-order chi connectivity index (χ1) is 11.5. The number of fused-ring (bicyclic) bond motifs is 2. The van der Waals surface area contributed by atoms with E-state index < -0.39 is 12.0 Å². The molecule has 5 nitrogen and oxygen atoms in total. The molecule has 1 aromatic carbocycles. The van der Waals surface area contributed by atoms with E-state index in [1.807, 2.05) is 18.3 Å². The minimum absolute atomic E-state index is 0.113. The fourth-order valence-corrected chi connectivity index (χ4v) is 4.61. The number of carboxylic acid groups (broad SMARTS) is 1. The molecular weight excluding hydrogens is 328 g/mol. The van der Waals surface area contributed by atoms with Gasteiger partial charge < -0.3 is 15.0 Å². The third kappa shape index (κ3) is 2.47. The Morgan fingerprint density at radius 3 is 2.96 bits per heavy atom. The van der Waals surface area contributed by atoms with Crippen LogP contribution < -0.4 is 0 Å². The molecule has 3 unspecified atom stereocenters. The van der Waals surface area contributed by atoms with Gasteiger partial charge in [0.05, 0.1) is 6.42 Å². The molecule has 2 aliphatic rings. The Labute approximate surface area is 144 Å². The van der Waals surface area contributed by atoms with E-state index in [1.165, 1.54) is 0 Å². The van der Waals surface area contributed by atoms with Crippen molar-refractivity contribution in [3.63, 3.8) is 0 Å². The van der Waals surface area contributed by atoms with Crippen molar-refractivity contribution in [1.82, 2.24) is 9.88 Å². The maximum absolute atomic E-state index is 12.8. The second-order valence-electron chi connectivity index (χ2n) is 6.86. The Balaban J connectivity index is 1.59. The third-order valence-corrected chi connectivity index (χ3v) is 5.77. The Hall–Kier alpha value is -2.01. The van der Waals surface area contributed by atoms with Gasteiger partial charge in [-0.1, -0.05) is 18.0 Å². The van der Waals surface area contributed by atoms with Gasteiger partial charge in [-0.25, -0.2) is 4.79 Å². The van der Waals surface area contributed by atoms with Crippen molar-refractivity contribution in [3.05, 3.63) is 35.0 Å². The third-order valence-electron chi connectivity index (χ3n) is 5.53. The van der Waals surface area contributed by atoms with Crippen LogP contribution in [0.25, 0.3) is 10.9 Å². The van der Waals surface area contributed by atoms with E-state index in [2.05, 4.69) is 4.98 Å². The van der Waals surface area contributed by atoms with E-state index in [9.17, 15) is 14.7 Å². The molecule has 1 saturated carbocycles. The number of halogens is 1. The fourth-order valence-electron chi connectivity index (χ4n) is 4.44. The van der Waals surface area contributed by atoms with Crippen LogP contribution in [0.15, 0.2) is 24.4 Å². The number of carboxylic acids is 1. The molecule has 2 fully saturated rings. The van der Waals surface area contributed by atoms with Crippen LogP contribution in [0.2, 0.25) is 5.02 Å². The number of amides is 1. The Morgan fingerprint density at radius 2 is 2.17 bits per heavy atom. The van der Waals surface area contributed by atoms with Gasteiger partial charge in [-0.3, -0.25) is 4.79 Å². The second-order valence-corrected chi connectivity index (χ2v) is 7.30. The highest BCUT2D eigenvalue weighted by Crippen LogP contribution is 2.42.